The summed E-state index contributed by atoms with van der Waals surface area (Å²) >= 11 is 0. The summed E-state index contributed by atoms with van der Waals surface area (Å²) in [6.07, 6.45) is 7.13. The van der Waals surface area contributed by atoms with Crippen molar-refractivity contribution >= 4 is 5.91 Å². The van der Waals surface area contributed by atoms with Gasteiger partial charge in [0.1, 0.15) is 0 Å². The molecule has 3 atom stereocenters. The van der Waals surface area contributed by atoms with Gasteiger partial charge in [0.15, 0.2) is 0 Å². The minimum absolute atomic E-state index is 0.0335. The van der Waals surface area contributed by atoms with E-state index in [2.05, 4.69) is 5.32 Å². The van der Waals surface area contributed by atoms with Crippen LogP contribution in [-0.2, 0) is 4.79 Å². The average Bonchev–Trinajstić information content (AvgIpc) is 3.13. The highest BCUT2D eigenvalue weighted by Crippen LogP contribution is 2.32. The minimum atomic E-state index is 0.0335. The summed E-state index contributed by atoms with van der Waals surface area (Å²) in [5.74, 6) is 0.875. The molecule has 2 aliphatic carbocycles. The van der Waals surface area contributed by atoms with Gasteiger partial charge in [-0.3, -0.25) is 4.79 Å². The molecule has 4 N–H and O–H groups in total. The molecule has 2 fully saturated rings. The number of nitrogens with two attached hydrogens (primary N) is 1. The Hall–Kier alpha value is -0.610. The number of hydrogen-bond acceptors (Lipinski definition) is 3. The van der Waals surface area contributed by atoms with Gasteiger partial charge in [0.25, 0.3) is 0 Å². The predicted octanol–water partition coefficient (Wildman–Crippen LogP) is 0.781. The zero-order chi connectivity index (χ0) is 12.3. The van der Waals surface area contributed by atoms with E-state index in [1.165, 1.54) is 19.3 Å². The van der Waals surface area contributed by atoms with Crippen molar-refractivity contribution in [3.8, 4) is 0 Å². The van der Waals surface area contributed by atoms with Crippen molar-refractivity contribution in [2.45, 2.75) is 57.0 Å². The lowest BCUT2D eigenvalue weighted by molar-refractivity contribution is -0.123. The van der Waals surface area contributed by atoms with Crippen LogP contribution in [0.3, 0.4) is 0 Å². The normalized spacial score (nSPS) is 30.9. The van der Waals surface area contributed by atoms with E-state index in [0.29, 0.717) is 12.3 Å². The molecule has 0 aromatic heterocycles. The molecule has 2 saturated carbocycles. The largest absolute Gasteiger partial charge is 0.396 e. The molecule has 0 aromatic carbocycles. The lowest BCUT2D eigenvalue weighted by Gasteiger charge is -2.31. The third-order valence-corrected chi connectivity index (χ3v) is 4.14. The van der Waals surface area contributed by atoms with Crippen LogP contribution < -0.4 is 11.1 Å². The number of carbonyl (C=O) groups excluding carboxylic acids is 1. The average molecular weight is 240 g/mol. The second-order valence-electron chi connectivity index (χ2n) is 5.61. The van der Waals surface area contributed by atoms with Crippen LogP contribution in [0, 0.1) is 11.8 Å². The molecule has 3 unspecified atom stereocenters. The van der Waals surface area contributed by atoms with E-state index >= 15 is 0 Å². The first kappa shape index (κ1) is 12.8. The summed E-state index contributed by atoms with van der Waals surface area (Å²) in [5, 5.41) is 12.3. The van der Waals surface area contributed by atoms with E-state index in [9.17, 15) is 9.90 Å². The van der Waals surface area contributed by atoms with Gasteiger partial charge in [-0.1, -0.05) is 12.8 Å². The Morgan fingerprint density at radius 2 is 2.00 bits per heavy atom. The number of amides is 1. The van der Waals surface area contributed by atoms with Crippen molar-refractivity contribution in [1.29, 1.82) is 0 Å². The van der Waals surface area contributed by atoms with Crippen LogP contribution in [0.5, 0.6) is 0 Å². The first-order valence-corrected chi connectivity index (χ1v) is 6.86. The van der Waals surface area contributed by atoms with Gasteiger partial charge in [-0.25, -0.2) is 0 Å². The number of carbonyl (C=O) groups is 1. The molecule has 0 radical (unpaired) electrons. The molecule has 4 heteroatoms. The van der Waals surface area contributed by atoms with Gasteiger partial charge in [0, 0.05) is 31.0 Å². The number of hydrogen-bond donors (Lipinski definition) is 3. The Morgan fingerprint density at radius 3 is 2.65 bits per heavy atom. The van der Waals surface area contributed by atoms with E-state index in [0.717, 1.165) is 19.3 Å². The predicted molar refractivity (Wildman–Crippen MR) is 66.3 cm³/mol. The third-order valence-electron chi connectivity index (χ3n) is 4.14. The van der Waals surface area contributed by atoms with Crippen molar-refractivity contribution in [3.63, 3.8) is 0 Å². The first-order chi connectivity index (χ1) is 8.20. The van der Waals surface area contributed by atoms with E-state index in [-0.39, 0.29) is 30.5 Å². The topological polar surface area (TPSA) is 75.4 Å². The molecule has 4 nitrogen and oxygen atoms in total. The Balaban J connectivity index is 1.75. The van der Waals surface area contributed by atoms with Gasteiger partial charge in [-0.2, -0.15) is 0 Å². The zero-order valence-electron chi connectivity index (χ0n) is 10.4. The molecule has 2 rings (SSSR count). The van der Waals surface area contributed by atoms with Crippen LogP contribution in [0.1, 0.15) is 44.9 Å². The van der Waals surface area contributed by atoms with Crippen molar-refractivity contribution in [2.24, 2.45) is 17.6 Å². The van der Waals surface area contributed by atoms with Crippen LogP contribution in [0.4, 0.5) is 0 Å². The second-order valence-corrected chi connectivity index (χ2v) is 5.61. The maximum atomic E-state index is 11.8. The molecule has 0 spiro atoms. The molecule has 17 heavy (non-hydrogen) atoms. The maximum absolute atomic E-state index is 11.8. The van der Waals surface area contributed by atoms with Crippen molar-refractivity contribution < 1.29 is 9.90 Å². The second kappa shape index (κ2) is 5.83. The van der Waals surface area contributed by atoms with Gasteiger partial charge in [-0.05, 0) is 31.6 Å². The summed E-state index contributed by atoms with van der Waals surface area (Å²) in [6, 6.07) is 0.193. The van der Waals surface area contributed by atoms with Crippen LogP contribution in [0.15, 0.2) is 0 Å². The van der Waals surface area contributed by atoms with E-state index < -0.39 is 0 Å². The quantitative estimate of drug-likeness (QED) is 0.665. The highest BCUT2D eigenvalue weighted by Gasteiger charge is 2.31. The highest BCUT2D eigenvalue weighted by molar-refractivity contribution is 5.77. The summed E-state index contributed by atoms with van der Waals surface area (Å²) in [5.41, 5.74) is 5.94. The molecule has 1 amide bonds. The molecule has 0 saturated heterocycles. The molecule has 0 aromatic rings. The maximum Gasteiger partial charge on any atom is 0.221 e. The standard InChI is InChI=1S/C13H24N2O2/c14-11(9-5-6-9)7-13(17)15-12-4-2-1-3-10(12)8-16/h9-12,16H,1-8,14H2,(H,15,17). The van der Waals surface area contributed by atoms with Crippen LogP contribution in [0.25, 0.3) is 0 Å². The summed E-state index contributed by atoms with van der Waals surface area (Å²) in [6.45, 7) is 0.180. The van der Waals surface area contributed by atoms with E-state index in [1.54, 1.807) is 0 Å². The van der Waals surface area contributed by atoms with Crippen LogP contribution in [-0.4, -0.2) is 29.7 Å². The Kier molecular flexibility index (Phi) is 4.40. The molecular weight excluding hydrogens is 216 g/mol. The number of rotatable bonds is 5. The summed E-state index contributed by atoms with van der Waals surface area (Å²) in [7, 11) is 0. The third kappa shape index (κ3) is 3.68. The summed E-state index contributed by atoms with van der Waals surface area (Å²) in [4.78, 5) is 11.8. The smallest absolute Gasteiger partial charge is 0.221 e. The number of aliphatic hydroxyl groups is 1. The van der Waals surface area contributed by atoms with Gasteiger partial charge in [-0.15, -0.1) is 0 Å². The van der Waals surface area contributed by atoms with Gasteiger partial charge >= 0.3 is 0 Å². The summed E-state index contributed by atoms with van der Waals surface area (Å²) < 4.78 is 0. The minimum Gasteiger partial charge on any atom is -0.396 e. The van der Waals surface area contributed by atoms with Crippen molar-refractivity contribution in [2.75, 3.05) is 6.61 Å². The van der Waals surface area contributed by atoms with Gasteiger partial charge < -0.3 is 16.2 Å². The fraction of sp³-hybridized carbons (Fsp3) is 0.923. The van der Waals surface area contributed by atoms with Crippen LogP contribution in [0.2, 0.25) is 0 Å². The molecule has 2 aliphatic rings. The zero-order valence-corrected chi connectivity index (χ0v) is 10.4. The van der Waals surface area contributed by atoms with Crippen molar-refractivity contribution in [1.82, 2.24) is 5.32 Å². The Bertz CT molecular complexity index is 266. The lowest BCUT2D eigenvalue weighted by atomic mass is 9.85. The number of nitrogens with one attached hydrogen (secondary N) is 1. The first-order valence-electron chi connectivity index (χ1n) is 6.86. The van der Waals surface area contributed by atoms with Crippen LogP contribution >= 0.6 is 0 Å². The monoisotopic (exact) mass is 240 g/mol. The molecule has 0 heterocycles. The Morgan fingerprint density at radius 1 is 1.29 bits per heavy atom. The van der Waals surface area contributed by atoms with E-state index in [4.69, 9.17) is 5.73 Å². The van der Waals surface area contributed by atoms with Crippen molar-refractivity contribution in [3.05, 3.63) is 0 Å². The lowest BCUT2D eigenvalue weighted by Crippen LogP contribution is -2.45. The fourth-order valence-corrected chi connectivity index (χ4v) is 2.79. The number of aliphatic hydroxyl groups excluding tert-OH is 1. The van der Waals surface area contributed by atoms with E-state index in [1.807, 2.05) is 0 Å². The SMILES string of the molecule is NC(CC(=O)NC1CCCCC1CO)C1CC1. The molecule has 0 aliphatic heterocycles. The molecular formula is C13H24N2O2. The Labute approximate surface area is 103 Å². The van der Waals surface area contributed by atoms with Gasteiger partial charge in [0.2, 0.25) is 5.91 Å². The highest BCUT2D eigenvalue weighted by atomic mass is 16.3. The molecule has 0 bridgehead atoms. The fourth-order valence-electron chi connectivity index (χ4n) is 2.79. The van der Waals surface area contributed by atoms with Gasteiger partial charge in [0.05, 0.1) is 0 Å². The molecule has 98 valence electrons.